The zero-order chi connectivity index (χ0) is 12.0. The van der Waals surface area contributed by atoms with Crippen molar-refractivity contribution in [1.82, 2.24) is 10.2 Å². The van der Waals surface area contributed by atoms with Gasteiger partial charge in [-0.2, -0.15) is 0 Å². The minimum absolute atomic E-state index is 0.0561. The Bertz CT molecular complexity index is 373. The Morgan fingerprint density at radius 2 is 2.47 bits per heavy atom. The van der Waals surface area contributed by atoms with Gasteiger partial charge in [0, 0.05) is 11.8 Å². The van der Waals surface area contributed by atoms with Crippen LogP contribution in [0.2, 0.25) is 0 Å². The van der Waals surface area contributed by atoms with Crippen LogP contribution in [0.4, 0.5) is 0 Å². The highest BCUT2D eigenvalue weighted by molar-refractivity contribution is 8.01. The van der Waals surface area contributed by atoms with Gasteiger partial charge < -0.3 is 10.6 Å². The first-order valence-corrected chi connectivity index (χ1v) is 7.19. The number of thioether (sulfide) groups is 1. The Kier molecular flexibility index (Phi) is 2.72. The molecule has 1 spiro atoms. The normalized spacial score (nSPS) is 45.4. The number of rotatable bonds is 1. The summed E-state index contributed by atoms with van der Waals surface area (Å²) in [7, 11) is 2.20. The molecule has 0 aromatic carbocycles. The van der Waals surface area contributed by atoms with Crippen LogP contribution in [0, 0.1) is 5.92 Å². The van der Waals surface area contributed by atoms with Crippen molar-refractivity contribution < 1.29 is 4.79 Å². The van der Waals surface area contributed by atoms with Gasteiger partial charge in [0.05, 0.1) is 10.9 Å². The summed E-state index contributed by atoms with van der Waals surface area (Å²) < 4.78 is 0. The lowest BCUT2D eigenvalue weighted by atomic mass is 9.87. The molecule has 0 radical (unpaired) electrons. The Hall–Kier alpha value is -0.520. The van der Waals surface area contributed by atoms with Gasteiger partial charge in [-0.15, -0.1) is 11.8 Å². The summed E-state index contributed by atoms with van der Waals surface area (Å²) in [4.78, 5) is 13.6. The van der Waals surface area contributed by atoms with Crippen LogP contribution in [0.5, 0.6) is 0 Å². The van der Waals surface area contributed by atoms with E-state index in [1.54, 1.807) is 0 Å². The molecule has 94 valence electrons. The fourth-order valence-corrected chi connectivity index (χ4v) is 4.61. The fourth-order valence-electron chi connectivity index (χ4n) is 3.20. The zero-order valence-electron chi connectivity index (χ0n) is 10.1. The number of fused-ring (bicyclic) bond motifs is 1. The van der Waals surface area contributed by atoms with Gasteiger partial charge in [-0.25, -0.2) is 0 Å². The lowest BCUT2D eigenvalue weighted by Gasteiger charge is -2.37. The number of carbonyl (C=O) groups is 1. The summed E-state index contributed by atoms with van der Waals surface area (Å²) in [5.41, 5.74) is 5.37. The molecule has 4 nitrogen and oxygen atoms in total. The SMILES string of the molecule is CN1CCC2C=CC3(CC21)NC(C(N)=O)CS3. The molecular formula is C12H19N3OS. The average molecular weight is 253 g/mol. The summed E-state index contributed by atoms with van der Waals surface area (Å²) in [6.07, 6.45) is 6.94. The maximum absolute atomic E-state index is 11.2. The number of primary amides is 1. The molecule has 0 saturated carbocycles. The number of hydrogen-bond acceptors (Lipinski definition) is 4. The average Bonchev–Trinajstić information content (AvgIpc) is 2.86. The number of nitrogens with zero attached hydrogens (tertiary/aromatic N) is 1. The summed E-state index contributed by atoms with van der Waals surface area (Å²) in [5, 5.41) is 3.41. The molecule has 3 rings (SSSR count). The van der Waals surface area contributed by atoms with Crippen molar-refractivity contribution in [3.63, 3.8) is 0 Å². The lowest BCUT2D eigenvalue weighted by molar-refractivity contribution is -0.119. The van der Waals surface area contributed by atoms with E-state index in [0.29, 0.717) is 12.0 Å². The Morgan fingerprint density at radius 3 is 3.18 bits per heavy atom. The maximum Gasteiger partial charge on any atom is 0.235 e. The summed E-state index contributed by atoms with van der Waals surface area (Å²) in [6, 6.07) is 0.444. The lowest BCUT2D eigenvalue weighted by Crippen LogP contribution is -2.51. The van der Waals surface area contributed by atoms with Crippen molar-refractivity contribution >= 4 is 17.7 Å². The van der Waals surface area contributed by atoms with Gasteiger partial charge in [-0.3, -0.25) is 10.1 Å². The minimum Gasteiger partial charge on any atom is -0.368 e. The van der Waals surface area contributed by atoms with Gasteiger partial charge >= 0.3 is 0 Å². The summed E-state index contributed by atoms with van der Waals surface area (Å²) >= 11 is 1.83. The highest BCUT2D eigenvalue weighted by atomic mass is 32.2. The maximum atomic E-state index is 11.2. The third-order valence-corrected chi connectivity index (χ3v) is 5.71. The van der Waals surface area contributed by atoms with Crippen LogP contribution in [0.25, 0.3) is 0 Å². The Labute approximate surface area is 106 Å². The van der Waals surface area contributed by atoms with Crippen LogP contribution in [-0.4, -0.2) is 47.1 Å². The van der Waals surface area contributed by atoms with E-state index in [0.717, 1.165) is 12.2 Å². The Balaban J connectivity index is 1.78. The largest absolute Gasteiger partial charge is 0.368 e. The molecular weight excluding hydrogens is 234 g/mol. The molecule has 3 aliphatic rings. The second-order valence-electron chi connectivity index (χ2n) is 5.36. The van der Waals surface area contributed by atoms with E-state index in [9.17, 15) is 4.79 Å². The smallest absolute Gasteiger partial charge is 0.235 e. The van der Waals surface area contributed by atoms with Gasteiger partial charge in [0.15, 0.2) is 0 Å². The molecule has 0 aromatic rings. The van der Waals surface area contributed by atoms with Crippen molar-refractivity contribution in [1.29, 1.82) is 0 Å². The van der Waals surface area contributed by atoms with Crippen molar-refractivity contribution in [2.75, 3.05) is 19.3 Å². The first-order valence-electron chi connectivity index (χ1n) is 6.20. The third kappa shape index (κ3) is 1.90. The van der Waals surface area contributed by atoms with E-state index >= 15 is 0 Å². The van der Waals surface area contributed by atoms with E-state index in [2.05, 4.69) is 29.4 Å². The molecule has 4 atom stereocenters. The van der Waals surface area contributed by atoms with Crippen LogP contribution >= 0.6 is 11.8 Å². The van der Waals surface area contributed by atoms with Crippen LogP contribution < -0.4 is 11.1 Å². The highest BCUT2D eigenvalue weighted by Crippen LogP contribution is 2.43. The van der Waals surface area contributed by atoms with Gasteiger partial charge in [0.25, 0.3) is 0 Å². The van der Waals surface area contributed by atoms with Crippen LogP contribution in [0.3, 0.4) is 0 Å². The van der Waals surface area contributed by atoms with E-state index in [-0.39, 0.29) is 16.8 Å². The number of nitrogens with two attached hydrogens (primary N) is 1. The second kappa shape index (κ2) is 4.00. The van der Waals surface area contributed by atoms with Crippen molar-refractivity contribution in [2.45, 2.75) is 29.8 Å². The molecule has 5 heteroatoms. The molecule has 17 heavy (non-hydrogen) atoms. The first kappa shape index (κ1) is 11.6. The van der Waals surface area contributed by atoms with Crippen LogP contribution in [0.15, 0.2) is 12.2 Å². The van der Waals surface area contributed by atoms with E-state index in [1.807, 2.05) is 11.8 Å². The zero-order valence-corrected chi connectivity index (χ0v) is 10.9. The van der Waals surface area contributed by atoms with Gasteiger partial charge in [-0.05, 0) is 32.4 Å². The predicted molar refractivity (Wildman–Crippen MR) is 69.6 cm³/mol. The molecule has 2 saturated heterocycles. The topological polar surface area (TPSA) is 58.4 Å². The molecule has 4 unspecified atom stereocenters. The number of nitrogens with one attached hydrogen (secondary N) is 1. The minimum atomic E-state index is -0.232. The number of hydrogen-bond donors (Lipinski definition) is 2. The molecule has 0 aromatic heterocycles. The first-order chi connectivity index (χ1) is 8.10. The number of carbonyl (C=O) groups excluding carboxylic acids is 1. The second-order valence-corrected chi connectivity index (χ2v) is 6.71. The van der Waals surface area contributed by atoms with Gasteiger partial charge in [-0.1, -0.05) is 12.2 Å². The monoisotopic (exact) mass is 253 g/mol. The third-order valence-electron chi connectivity index (χ3n) is 4.27. The van der Waals surface area contributed by atoms with Gasteiger partial charge in [0.2, 0.25) is 5.91 Å². The molecule has 2 fully saturated rings. The highest BCUT2D eigenvalue weighted by Gasteiger charge is 2.46. The van der Waals surface area contributed by atoms with Gasteiger partial charge in [0.1, 0.15) is 0 Å². The number of likely N-dealkylation sites (tertiary alicyclic amines) is 1. The molecule has 2 aliphatic heterocycles. The summed E-state index contributed by atoms with van der Waals surface area (Å²) in [6.45, 7) is 1.18. The van der Waals surface area contributed by atoms with E-state index in [4.69, 9.17) is 5.73 Å². The standard InChI is InChI=1S/C12H19N3OS/c1-15-5-3-8-2-4-12(6-10(8)15)14-9(7-17-12)11(13)16/h2,4,8-10,14H,3,5-7H2,1H3,(H2,13,16). The summed E-state index contributed by atoms with van der Waals surface area (Å²) in [5.74, 6) is 1.26. The van der Waals surface area contributed by atoms with Crippen LogP contribution in [-0.2, 0) is 4.79 Å². The molecule has 0 bridgehead atoms. The molecule has 3 N–H and O–H groups in total. The van der Waals surface area contributed by atoms with E-state index < -0.39 is 0 Å². The molecule has 1 aliphatic carbocycles. The molecule has 2 heterocycles. The van der Waals surface area contributed by atoms with Crippen molar-refractivity contribution in [3.05, 3.63) is 12.2 Å². The fraction of sp³-hybridized carbons (Fsp3) is 0.750. The quantitative estimate of drug-likeness (QED) is 0.653. The van der Waals surface area contributed by atoms with E-state index in [1.165, 1.54) is 13.0 Å². The molecule has 1 amide bonds. The van der Waals surface area contributed by atoms with Crippen molar-refractivity contribution in [3.8, 4) is 0 Å². The Morgan fingerprint density at radius 1 is 1.65 bits per heavy atom. The van der Waals surface area contributed by atoms with Crippen molar-refractivity contribution in [2.24, 2.45) is 11.7 Å². The number of amides is 1. The van der Waals surface area contributed by atoms with Crippen LogP contribution in [0.1, 0.15) is 12.8 Å². The predicted octanol–water partition coefficient (Wildman–Crippen LogP) is 0.153.